The van der Waals surface area contributed by atoms with Crippen molar-refractivity contribution in [3.63, 3.8) is 0 Å². The highest BCUT2D eigenvalue weighted by Crippen LogP contribution is 2.54. The normalized spacial score (nSPS) is 46.3. The van der Waals surface area contributed by atoms with Gasteiger partial charge in [-0.1, -0.05) is 13.8 Å². The Kier molecular flexibility index (Phi) is 0.704. The van der Waals surface area contributed by atoms with Gasteiger partial charge in [0.15, 0.2) is 0 Å². The molecule has 42 valence electrons. The Morgan fingerprint density at radius 3 is 1.29 bits per heavy atom. The lowest BCUT2D eigenvalue weighted by Gasteiger charge is -1.84. The summed E-state index contributed by atoms with van der Waals surface area (Å²) in [4.78, 5) is 0. The average Bonchev–Trinajstić information content (AvgIpc) is 1.91. The summed E-state index contributed by atoms with van der Waals surface area (Å²) in [5, 5.41) is 0. The second-order valence-electron chi connectivity index (χ2n) is 2.25. The molecule has 0 aromatic rings. The first kappa shape index (κ1) is 5.01. The van der Waals surface area contributed by atoms with E-state index in [1.807, 2.05) is 0 Å². The van der Waals surface area contributed by atoms with E-state index in [-0.39, 0.29) is 11.8 Å². The third-order valence-corrected chi connectivity index (χ3v) is 1.86. The van der Waals surface area contributed by atoms with Crippen LogP contribution >= 0.6 is 0 Å². The molecule has 1 aliphatic carbocycles. The predicted octanol–water partition coefficient (Wildman–Crippen LogP) is 1.91. The van der Waals surface area contributed by atoms with Gasteiger partial charge in [0.2, 0.25) is 0 Å². The molecular weight excluding hydrogens is 98.1 g/mol. The summed E-state index contributed by atoms with van der Waals surface area (Å²) in [6.45, 7) is 3.15. The van der Waals surface area contributed by atoms with Crippen LogP contribution in [0.25, 0.3) is 0 Å². The maximum Gasteiger partial charge on any atom is 0.254 e. The van der Waals surface area contributed by atoms with Crippen LogP contribution in [-0.4, -0.2) is 5.92 Å². The molecule has 0 amide bonds. The first-order valence-corrected chi connectivity index (χ1v) is 2.44. The van der Waals surface area contributed by atoms with Gasteiger partial charge in [0.1, 0.15) is 0 Å². The van der Waals surface area contributed by atoms with Gasteiger partial charge in [-0.25, -0.2) is 8.78 Å². The monoisotopic (exact) mass is 106 g/mol. The maximum atomic E-state index is 11.9. The molecule has 2 unspecified atom stereocenters. The topological polar surface area (TPSA) is 0 Å². The second-order valence-corrected chi connectivity index (χ2v) is 2.25. The Morgan fingerprint density at radius 2 is 1.29 bits per heavy atom. The summed E-state index contributed by atoms with van der Waals surface area (Å²) in [6.07, 6.45) is 0. The predicted molar refractivity (Wildman–Crippen MR) is 23.3 cm³/mol. The summed E-state index contributed by atoms with van der Waals surface area (Å²) < 4.78 is 23.8. The van der Waals surface area contributed by atoms with Crippen molar-refractivity contribution in [3.8, 4) is 0 Å². The molecule has 0 radical (unpaired) electrons. The molecule has 1 rings (SSSR count). The Morgan fingerprint density at radius 1 is 1.14 bits per heavy atom. The lowest BCUT2D eigenvalue weighted by Crippen LogP contribution is -1.90. The number of alkyl halides is 2. The van der Waals surface area contributed by atoms with Gasteiger partial charge in [0.25, 0.3) is 5.92 Å². The Hall–Kier alpha value is -0.140. The van der Waals surface area contributed by atoms with E-state index in [1.165, 1.54) is 0 Å². The summed E-state index contributed by atoms with van der Waals surface area (Å²) in [5.41, 5.74) is 0. The van der Waals surface area contributed by atoms with E-state index in [9.17, 15) is 8.78 Å². The van der Waals surface area contributed by atoms with E-state index < -0.39 is 5.92 Å². The molecule has 1 aliphatic rings. The standard InChI is InChI=1S/C5H8F2/c1-3-4(2)5(3,6)7/h3-4H,1-2H3. The largest absolute Gasteiger partial charge is 0.254 e. The van der Waals surface area contributed by atoms with Crippen molar-refractivity contribution >= 4 is 0 Å². The molecule has 0 heterocycles. The molecular formula is C5H8F2. The van der Waals surface area contributed by atoms with Crippen molar-refractivity contribution < 1.29 is 8.78 Å². The summed E-state index contributed by atoms with van der Waals surface area (Å²) >= 11 is 0. The van der Waals surface area contributed by atoms with E-state index in [4.69, 9.17) is 0 Å². The van der Waals surface area contributed by atoms with E-state index in [0.29, 0.717) is 0 Å². The van der Waals surface area contributed by atoms with Crippen LogP contribution in [0.3, 0.4) is 0 Å². The minimum atomic E-state index is -2.33. The summed E-state index contributed by atoms with van der Waals surface area (Å²) in [5.74, 6) is -3.07. The van der Waals surface area contributed by atoms with Crippen molar-refractivity contribution in [2.24, 2.45) is 11.8 Å². The first-order valence-electron chi connectivity index (χ1n) is 2.44. The van der Waals surface area contributed by atoms with Crippen LogP contribution < -0.4 is 0 Å². The van der Waals surface area contributed by atoms with Crippen LogP contribution in [0.5, 0.6) is 0 Å². The number of hydrogen-bond acceptors (Lipinski definition) is 0. The van der Waals surface area contributed by atoms with Gasteiger partial charge >= 0.3 is 0 Å². The zero-order valence-corrected chi connectivity index (χ0v) is 4.41. The Bertz CT molecular complexity index is 78.1. The highest BCUT2D eigenvalue weighted by Gasteiger charge is 2.62. The molecule has 2 heteroatoms. The van der Waals surface area contributed by atoms with Crippen LogP contribution in [0.15, 0.2) is 0 Å². The van der Waals surface area contributed by atoms with Crippen LogP contribution in [0, 0.1) is 11.8 Å². The molecule has 0 aromatic carbocycles. The number of rotatable bonds is 0. The van der Waals surface area contributed by atoms with E-state index in [0.717, 1.165) is 0 Å². The molecule has 0 spiro atoms. The summed E-state index contributed by atoms with van der Waals surface area (Å²) in [6, 6.07) is 0. The third kappa shape index (κ3) is 0.455. The van der Waals surface area contributed by atoms with Gasteiger partial charge < -0.3 is 0 Å². The zero-order valence-electron chi connectivity index (χ0n) is 4.41. The lowest BCUT2D eigenvalue weighted by atomic mass is 10.4. The van der Waals surface area contributed by atoms with Crippen LogP contribution in [0.4, 0.5) is 8.78 Å². The van der Waals surface area contributed by atoms with Crippen LogP contribution in [0.1, 0.15) is 13.8 Å². The van der Waals surface area contributed by atoms with E-state index >= 15 is 0 Å². The molecule has 2 atom stereocenters. The minimum Gasteiger partial charge on any atom is -0.206 e. The quantitative estimate of drug-likeness (QED) is 0.442. The molecule has 0 bridgehead atoms. The van der Waals surface area contributed by atoms with Crippen molar-refractivity contribution in [2.75, 3.05) is 0 Å². The fourth-order valence-electron chi connectivity index (χ4n) is 0.674. The van der Waals surface area contributed by atoms with Gasteiger partial charge in [-0.15, -0.1) is 0 Å². The lowest BCUT2D eigenvalue weighted by molar-refractivity contribution is 0.0892. The van der Waals surface area contributed by atoms with E-state index in [1.54, 1.807) is 13.8 Å². The summed E-state index contributed by atoms with van der Waals surface area (Å²) in [7, 11) is 0. The van der Waals surface area contributed by atoms with Gasteiger partial charge in [-0.05, 0) is 0 Å². The van der Waals surface area contributed by atoms with Gasteiger partial charge in [-0.2, -0.15) is 0 Å². The maximum absolute atomic E-state index is 11.9. The highest BCUT2D eigenvalue weighted by molar-refractivity contribution is 4.99. The Labute approximate surface area is 41.5 Å². The van der Waals surface area contributed by atoms with Crippen molar-refractivity contribution in [3.05, 3.63) is 0 Å². The number of hydrogen-bond donors (Lipinski definition) is 0. The zero-order chi connectivity index (χ0) is 5.65. The van der Waals surface area contributed by atoms with Crippen LogP contribution in [-0.2, 0) is 0 Å². The average molecular weight is 106 g/mol. The van der Waals surface area contributed by atoms with Crippen molar-refractivity contribution in [1.82, 2.24) is 0 Å². The molecule has 7 heavy (non-hydrogen) atoms. The molecule has 0 aromatic heterocycles. The fraction of sp³-hybridized carbons (Fsp3) is 1.00. The molecule has 1 fully saturated rings. The highest BCUT2D eigenvalue weighted by atomic mass is 19.3. The van der Waals surface area contributed by atoms with Gasteiger partial charge in [0, 0.05) is 11.8 Å². The minimum absolute atomic E-state index is 0.368. The SMILES string of the molecule is CC1C(C)C1(F)F. The Balaban J connectivity index is 2.52. The fourth-order valence-corrected chi connectivity index (χ4v) is 0.674. The smallest absolute Gasteiger partial charge is 0.206 e. The second kappa shape index (κ2) is 0.984. The third-order valence-electron chi connectivity index (χ3n) is 1.86. The van der Waals surface area contributed by atoms with Crippen LogP contribution in [0.2, 0.25) is 0 Å². The van der Waals surface area contributed by atoms with E-state index in [2.05, 4.69) is 0 Å². The van der Waals surface area contributed by atoms with Crippen molar-refractivity contribution in [1.29, 1.82) is 0 Å². The molecule has 1 saturated carbocycles. The van der Waals surface area contributed by atoms with Crippen molar-refractivity contribution in [2.45, 2.75) is 19.8 Å². The number of halogens is 2. The molecule has 0 saturated heterocycles. The molecule has 0 nitrogen and oxygen atoms in total. The first-order chi connectivity index (χ1) is 3.07. The van der Waals surface area contributed by atoms with Gasteiger partial charge in [0.05, 0.1) is 0 Å². The molecule has 0 N–H and O–H groups in total. The molecule has 0 aliphatic heterocycles. The van der Waals surface area contributed by atoms with Gasteiger partial charge in [-0.3, -0.25) is 0 Å².